The summed E-state index contributed by atoms with van der Waals surface area (Å²) in [6.07, 6.45) is 19.3. The summed E-state index contributed by atoms with van der Waals surface area (Å²) in [5.74, 6) is 2.06. The first-order chi connectivity index (χ1) is 14.3. The second kappa shape index (κ2) is 12.2. The molecular weight excluding hydrogens is 354 g/mol. The van der Waals surface area contributed by atoms with E-state index in [0.29, 0.717) is 12.0 Å². The maximum atomic E-state index is 8.66. The monoisotopic (exact) mass is 393 g/mol. The Morgan fingerprint density at radius 2 is 1.69 bits per heavy atom. The molecule has 0 unspecified atom stereocenters. The van der Waals surface area contributed by atoms with Crippen LogP contribution in [-0.2, 0) is 11.2 Å². The standard InChI is InChI=1S/C27H39NO/c1-2-3-4-6-22-12-14-25(15-13-22)26-16-18-27(19-17-26)29-21-24-10-8-23(9-11-24)7-5-20-28/h5,7,12-15,23-24,26-27H,2-4,6,8-11,16-19,21H2,1H3/b7-5+. The maximum Gasteiger partial charge on any atom is 0.0908 e. The van der Waals surface area contributed by atoms with Gasteiger partial charge in [-0.05, 0) is 93.1 Å². The van der Waals surface area contributed by atoms with Crippen LogP contribution in [0.3, 0.4) is 0 Å². The van der Waals surface area contributed by atoms with Crippen molar-refractivity contribution in [2.45, 2.75) is 96.0 Å². The van der Waals surface area contributed by atoms with Gasteiger partial charge in [0.15, 0.2) is 0 Å². The molecule has 29 heavy (non-hydrogen) atoms. The third kappa shape index (κ3) is 7.31. The highest BCUT2D eigenvalue weighted by Crippen LogP contribution is 2.35. The number of ether oxygens (including phenoxy) is 1. The summed E-state index contributed by atoms with van der Waals surface area (Å²) in [6, 6.07) is 11.6. The Morgan fingerprint density at radius 3 is 2.34 bits per heavy atom. The van der Waals surface area contributed by atoms with E-state index < -0.39 is 0 Å². The lowest BCUT2D eigenvalue weighted by Gasteiger charge is -2.32. The summed E-state index contributed by atoms with van der Waals surface area (Å²) >= 11 is 0. The number of hydrogen-bond acceptors (Lipinski definition) is 2. The Balaban J connectivity index is 1.33. The highest BCUT2D eigenvalue weighted by molar-refractivity contribution is 5.26. The number of allylic oxidation sites excluding steroid dienone is 2. The fraction of sp³-hybridized carbons (Fsp3) is 0.667. The van der Waals surface area contributed by atoms with Crippen LogP contribution in [-0.4, -0.2) is 12.7 Å². The van der Waals surface area contributed by atoms with Gasteiger partial charge in [-0.2, -0.15) is 5.26 Å². The van der Waals surface area contributed by atoms with Crippen molar-refractivity contribution >= 4 is 0 Å². The Morgan fingerprint density at radius 1 is 0.966 bits per heavy atom. The Kier molecular flexibility index (Phi) is 9.29. The fourth-order valence-corrected chi connectivity index (χ4v) is 5.10. The van der Waals surface area contributed by atoms with E-state index >= 15 is 0 Å². The van der Waals surface area contributed by atoms with Crippen LogP contribution < -0.4 is 0 Å². The maximum absolute atomic E-state index is 8.66. The van der Waals surface area contributed by atoms with Crippen LogP contribution in [0.25, 0.3) is 0 Å². The molecule has 0 N–H and O–H groups in total. The van der Waals surface area contributed by atoms with E-state index in [1.807, 2.05) is 0 Å². The molecule has 0 saturated heterocycles. The van der Waals surface area contributed by atoms with Crippen LogP contribution in [0, 0.1) is 23.2 Å². The van der Waals surface area contributed by atoms with Gasteiger partial charge in [-0.3, -0.25) is 0 Å². The molecule has 158 valence electrons. The Bertz CT molecular complexity index is 640. The van der Waals surface area contributed by atoms with E-state index in [-0.39, 0.29) is 0 Å². The first kappa shape index (κ1) is 22.1. The number of hydrogen-bond donors (Lipinski definition) is 0. The zero-order valence-electron chi connectivity index (χ0n) is 18.3. The fourth-order valence-electron chi connectivity index (χ4n) is 5.10. The van der Waals surface area contributed by atoms with Crippen molar-refractivity contribution in [1.82, 2.24) is 0 Å². The zero-order valence-corrected chi connectivity index (χ0v) is 18.3. The van der Waals surface area contributed by atoms with E-state index in [1.54, 1.807) is 6.08 Å². The molecule has 2 heteroatoms. The topological polar surface area (TPSA) is 33.0 Å². The normalized spacial score (nSPS) is 27.7. The van der Waals surface area contributed by atoms with Crippen molar-refractivity contribution < 1.29 is 4.74 Å². The van der Waals surface area contributed by atoms with Crippen LogP contribution in [0.5, 0.6) is 0 Å². The van der Waals surface area contributed by atoms with Gasteiger partial charge in [-0.1, -0.05) is 50.1 Å². The van der Waals surface area contributed by atoms with Gasteiger partial charge in [-0.15, -0.1) is 0 Å². The van der Waals surface area contributed by atoms with Crippen molar-refractivity contribution in [1.29, 1.82) is 5.26 Å². The van der Waals surface area contributed by atoms with Crippen molar-refractivity contribution in [3.8, 4) is 6.07 Å². The molecule has 0 spiro atoms. The summed E-state index contributed by atoms with van der Waals surface area (Å²) in [6.45, 7) is 3.21. The lowest BCUT2D eigenvalue weighted by molar-refractivity contribution is -0.00337. The SMILES string of the molecule is CCCCCc1ccc(C2CCC(OCC3CCC(/C=C/C#N)CC3)CC2)cc1. The molecule has 2 aliphatic carbocycles. The number of aryl methyl sites for hydroxylation is 1. The van der Waals surface area contributed by atoms with Crippen LogP contribution in [0.15, 0.2) is 36.4 Å². The van der Waals surface area contributed by atoms with Crippen LogP contribution in [0.1, 0.15) is 94.6 Å². The Labute approximate surface area is 178 Å². The molecule has 0 heterocycles. The summed E-state index contributed by atoms with van der Waals surface area (Å²) in [5, 5.41) is 8.66. The number of unbranched alkanes of at least 4 members (excludes halogenated alkanes) is 2. The number of nitriles is 1. The molecule has 1 aromatic carbocycles. The molecular formula is C27H39NO. The summed E-state index contributed by atoms with van der Waals surface area (Å²) in [4.78, 5) is 0. The van der Waals surface area contributed by atoms with Crippen LogP contribution in [0.4, 0.5) is 0 Å². The number of nitrogens with zero attached hydrogens (tertiary/aromatic N) is 1. The van der Waals surface area contributed by atoms with Gasteiger partial charge in [-0.25, -0.2) is 0 Å². The lowest BCUT2D eigenvalue weighted by Crippen LogP contribution is -2.25. The molecule has 0 bridgehead atoms. The van der Waals surface area contributed by atoms with E-state index in [4.69, 9.17) is 10.00 Å². The largest absolute Gasteiger partial charge is 0.378 e. The number of rotatable bonds is 9. The van der Waals surface area contributed by atoms with Gasteiger partial charge in [0, 0.05) is 12.7 Å². The second-order valence-corrected chi connectivity index (χ2v) is 9.27. The lowest BCUT2D eigenvalue weighted by atomic mass is 9.81. The van der Waals surface area contributed by atoms with E-state index in [1.165, 1.54) is 88.2 Å². The van der Waals surface area contributed by atoms with E-state index in [2.05, 4.69) is 43.3 Å². The predicted molar refractivity (Wildman–Crippen MR) is 121 cm³/mol. The van der Waals surface area contributed by atoms with Crippen LogP contribution >= 0.6 is 0 Å². The minimum absolute atomic E-state index is 0.468. The smallest absolute Gasteiger partial charge is 0.0908 e. The molecule has 2 nitrogen and oxygen atoms in total. The van der Waals surface area contributed by atoms with Crippen molar-refractivity contribution in [2.24, 2.45) is 11.8 Å². The molecule has 2 saturated carbocycles. The zero-order chi connectivity index (χ0) is 20.3. The van der Waals surface area contributed by atoms with Gasteiger partial charge >= 0.3 is 0 Å². The first-order valence-electron chi connectivity index (χ1n) is 12.0. The van der Waals surface area contributed by atoms with Crippen molar-refractivity contribution in [3.63, 3.8) is 0 Å². The van der Waals surface area contributed by atoms with Gasteiger partial charge in [0.2, 0.25) is 0 Å². The minimum Gasteiger partial charge on any atom is -0.378 e. The van der Waals surface area contributed by atoms with Gasteiger partial charge in [0.1, 0.15) is 0 Å². The molecule has 0 atom stereocenters. The van der Waals surface area contributed by atoms with E-state index in [9.17, 15) is 0 Å². The van der Waals surface area contributed by atoms with Crippen LogP contribution in [0.2, 0.25) is 0 Å². The molecule has 3 rings (SSSR count). The third-order valence-electron chi connectivity index (χ3n) is 7.10. The van der Waals surface area contributed by atoms with Gasteiger partial charge < -0.3 is 4.74 Å². The quantitative estimate of drug-likeness (QED) is 0.324. The van der Waals surface area contributed by atoms with E-state index in [0.717, 1.165) is 18.4 Å². The average molecular weight is 394 g/mol. The predicted octanol–water partition coefficient (Wildman–Crippen LogP) is 7.35. The number of benzene rings is 1. The third-order valence-corrected chi connectivity index (χ3v) is 7.10. The summed E-state index contributed by atoms with van der Waals surface area (Å²) in [7, 11) is 0. The first-order valence-corrected chi connectivity index (χ1v) is 12.0. The highest BCUT2D eigenvalue weighted by atomic mass is 16.5. The Hall–Kier alpha value is -1.59. The molecule has 2 fully saturated rings. The highest BCUT2D eigenvalue weighted by Gasteiger charge is 2.25. The molecule has 0 aliphatic heterocycles. The second-order valence-electron chi connectivity index (χ2n) is 9.27. The summed E-state index contributed by atoms with van der Waals surface area (Å²) in [5.41, 5.74) is 3.03. The molecule has 1 aromatic rings. The van der Waals surface area contributed by atoms with Crippen molar-refractivity contribution in [2.75, 3.05) is 6.61 Å². The van der Waals surface area contributed by atoms with Gasteiger partial charge in [0.05, 0.1) is 12.2 Å². The van der Waals surface area contributed by atoms with Crippen molar-refractivity contribution in [3.05, 3.63) is 47.5 Å². The summed E-state index contributed by atoms with van der Waals surface area (Å²) < 4.78 is 6.33. The molecule has 2 aliphatic rings. The molecule has 0 aromatic heterocycles. The minimum atomic E-state index is 0.468. The molecule has 0 amide bonds. The average Bonchev–Trinajstić information content (AvgIpc) is 2.78. The van der Waals surface area contributed by atoms with Gasteiger partial charge in [0.25, 0.3) is 0 Å². The molecule has 0 radical (unpaired) electrons.